The molecule has 0 aliphatic carbocycles. The molecule has 1 aromatic rings. The smallest absolute Gasteiger partial charge is 0.269 e. The Bertz CT molecular complexity index is 297. The third kappa shape index (κ3) is 3.02. The van der Waals surface area contributed by atoms with E-state index in [2.05, 4.69) is 15.9 Å². The van der Waals surface area contributed by atoms with Crippen molar-refractivity contribution in [1.29, 1.82) is 0 Å². The Morgan fingerprint density at radius 1 is 1.46 bits per heavy atom. The number of halogens is 1. The molecule has 69 valence electrons. The fraction of sp³-hybridized carbons (Fsp3) is 0.125. The maximum absolute atomic E-state index is 10.3. The number of nitro benzene ring substituents is 1. The summed E-state index contributed by atoms with van der Waals surface area (Å²) < 4.78 is 5.16. The summed E-state index contributed by atoms with van der Waals surface area (Å²) in [7, 11) is 0. The van der Waals surface area contributed by atoms with Crippen LogP contribution in [-0.2, 0) is 0 Å². The zero-order chi connectivity index (χ0) is 9.84. The van der Waals surface area contributed by atoms with Gasteiger partial charge >= 0.3 is 0 Å². The van der Waals surface area contributed by atoms with Crippen LogP contribution in [0.4, 0.5) is 5.69 Å². The molecule has 0 amide bonds. The van der Waals surface area contributed by atoms with Gasteiger partial charge in [0, 0.05) is 12.1 Å². The van der Waals surface area contributed by atoms with Crippen LogP contribution in [0.3, 0.4) is 0 Å². The first kappa shape index (κ1) is 9.98. The number of rotatable bonds is 3. The lowest BCUT2D eigenvalue weighted by Gasteiger charge is -2.05. The molecule has 4 nitrogen and oxygen atoms in total. The van der Waals surface area contributed by atoms with Gasteiger partial charge in [0.1, 0.15) is 5.75 Å². The van der Waals surface area contributed by atoms with E-state index in [0.717, 1.165) is 0 Å². The fourth-order valence-electron chi connectivity index (χ4n) is 0.798. The van der Waals surface area contributed by atoms with Crippen LogP contribution < -0.4 is 4.74 Å². The molecule has 0 saturated heterocycles. The number of hydrogen-bond acceptors (Lipinski definition) is 3. The minimum absolute atomic E-state index is 0.0552. The van der Waals surface area contributed by atoms with Crippen LogP contribution in [0.5, 0.6) is 5.75 Å². The second-order valence-electron chi connectivity index (χ2n) is 2.32. The Kier molecular flexibility index (Phi) is 3.25. The lowest BCUT2D eigenvalue weighted by atomic mass is 10.3. The molecule has 0 unspecified atom stereocenters. The lowest BCUT2D eigenvalue weighted by molar-refractivity contribution is -0.384. The van der Waals surface area contributed by atoms with Gasteiger partial charge in [-0.05, 0) is 35.0 Å². The summed E-state index contributed by atoms with van der Waals surface area (Å²) in [6.07, 6.45) is 0. The van der Waals surface area contributed by atoms with Crippen molar-refractivity contribution in [3.63, 3.8) is 0 Å². The second kappa shape index (κ2) is 4.23. The normalized spacial score (nSPS) is 10.1. The molecule has 0 aliphatic rings. The predicted octanol–water partition coefficient (Wildman–Crippen LogP) is 2.88. The highest BCUT2D eigenvalue weighted by Gasteiger charge is 2.05. The molecule has 1 radical (unpaired) electrons. The van der Waals surface area contributed by atoms with Crippen molar-refractivity contribution in [1.82, 2.24) is 0 Å². The minimum atomic E-state index is -0.450. The standard InChI is InChI=1S/C8H7BrNO3/c1-6(9)13-8-4-2-7(3-5-8)10(11)12/h2-5H,1H3. The molecule has 0 spiro atoms. The van der Waals surface area contributed by atoms with E-state index in [0.29, 0.717) is 10.8 Å². The molecule has 0 aromatic heterocycles. The van der Waals surface area contributed by atoms with Crippen molar-refractivity contribution in [2.75, 3.05) is 0 Å². The van der Waals surface area contributed by atoms with E-state index < -0.39 is 4.92 Å². The van der Waals surface area contributed by atoms with Crippen molar-refractivity contribution in [3.8, 4) is 5.75 Å². The summed E-state index contributed by atoms with van der Waals surface area (Å²) in [5, 5.41) is 10.9. The largest absolute Gasteiger partial charge is 0.471 e. The van der Waals surface area contributed by atoms with Gasteiger partial charge in [-0.3, -0.25) is 10.1 Å². The van der Waals surface area contributed by atoms with Crippen LogP contribution in [-0.4, -0.2) is 4.92 Å². The third-order valence-electron chi connectivity index (χ3n) is 1.31. The van der Waals surface area contributed by atoms with Crippen LogP contribution in [0.15, 0.2) is 24.3 Å². The Hall–Kier alpha value is -1.10. The van der Waals surface area contributed by atoms with Crippen LogP contribution in [0.1, 0.15) is 6.92 Å². The predicted molar refractivity (Wildman–Crippen MR) is 51.6 cm³/mol. The molecule has 1 rings (SSSR count). The lowest BCUT2D eigenvalue weighted by Crippen LogP contribution is -1.93. The summed E-state index contributed by atoms with van der Waals surface area (Å²) in [5.74, 6) is 0.569. The second-order valence-corrected chi connectivity index (χ2v) is 3.44. The molecular weight excluding hydrogens is 238 g/mol. The number of ether oxygens (including phenoxy) is 1. The molecule has 1 aromatic carbocycles. The number of non-ortho nitro benzene ring substituents is 1. The summed E-state index contributed by atoms with van der Waals surface area (Å²) in [6, 6.07) is 5.88. The van der Waals surface area contributed by atoms with Crippen LogP contribution in [0.2, 0.25) is 0 Å². The topological polar surface area (TPSA) is 52.4 Å². The molecule has 0 heterocycles. The van der Waals surface area contributed by atoms with Gasteiger partial charge in [0.25, 0.3) is 5.69 Å². The molecule has 0 aliphatic heterocycles. The Morgan fingerprint density at radius 3 is 2.38 bits per heavy atom. The highest BCUT2D eigenvalue weighted by atomic mass is 79.9. The van der Waals surface area contributed by atoms with Gasteiger partial charge in [-0.25, -0.2) is 0 Å². The Labute approximate surface area is 83.8 Å². The first-order valence-electron chi connectivity index (χ1n) is 3.51. The molecule has 5 heteroatoms. The van der Waals surface area contributed by atoms with E-state index in [9.17, 15) is 10.1 Å². The first-order chi connectivity index (χ1) is 6.09. The zero-order valence-corrected chi connectivity index (χ0v) is 8.45. The highest BCUT2D eigenvalue weighted by molar-refractivity contribution is 9.11. The van der Waals surface area contributed by atoms with Gasteiger partial charge < -0.3 is 4.74 Å². The molecule has 0 atom stereocenters. The van der Waals surface area contributed by atoms with Gasteiger partial charge in [-0.15, -0.1) is 0 Å². The van der Waals surface area contributed by atoms with Gasteiger partial charge in [0.15, 0.2) is 0 Å². The Morgan fingerprint density at radius 2 is 2.00 bits per heavy atom. The molecule has 0 saturated carbocycles. The Balaban J connectivity index is 2.75. The molecule has 0 fully saturated rings. The quantitative estimate of drug-likeness (QED) is 0.607. The van der Waals surface area contributed by atoms with Crippen LogP contribution in [0.25, 0.3) is 0 Å². The van der Waals surface area contributed by atoms with Crippen LogP contribution >= 0.6 is 15.9 Å². The summed E-state index contributed by atoms with van der Waals surface area (Å²) in [5.41, 5.74) is 0.0552. The summed E-state index contributed by atoms with van der Waals surface area (Å²) >= 11 is 3.12. The van der Waals surface area contributed by atoms with Crippen molar-refractivity contribution in [2.45, 2.75) is 6.92 Å². The third-order valence-corrected chi connectivity index (χ3v) is 1.47. The average molecular weight is 245 g/mol. The summed E-state index contributed by atoms with van der Waals surface area (Å²) in [4.78, 5) is 9.83. The molecule has 0 N–H and O–H groups in total. The van der Waals surface area contributed by atoms with E-state index in [-0.39, 0.29) is 5.69 Å². The van der Waals surface area contributed by atoms with E-state index in [4.69, 9.17) is 4.74 Å². The number of nitro groups is 1. The average Bonchev–Trinajstić information content (AvgIpc) is 2.04. The van der Waals surface area contributed by atoms with E-state index >= 15 is 0 Å². The zero-order valence-electron chi connectivity index (χ0n) is 6.86. The van der Waals surface area contributed by atoms with E-state index in [1.807, 2.05) is 0 Å². The van der Waals surface area contributed by atoms with Gasteiger partial charge in [-0.2, -0.15) is 0 Å². The van der Waals surface area contributed by atoms with Crippen molar-refractivity contribution >= 4 is 21.6 Å². The number of benzene rings is 1. The van der Waals surface area contributed by atoms with E-state index in [1.165, 1.54) is 12.1 Å². The van der Waals surface area contributed by atoms with Gasteiger partial charge in [0.05, 0.1) is 4.92 Å². The number of hydrogen-bond donors (Lipinski definition) is 0. The number of nitrogens with zero attached hydrogens (tertiary/aromatic N) is 1. The summed E-state index contributed by atoms with van der Waals surface area (Å²) in [6.45, 7) is 1.74. The SMILES string of the molecule is C[C](Br)Oc1ccc([N+](=O)[O-])cc1. The van der Waals surface area contributed by atoms with Gasteiger partial charge in [0.2, 0.25) is 5.01 Å². The first-order valence-corrected chi connectivity index (χ1v) is 4.30. The van der Waals surface area contributed by atoms with Gasteiger partial charge in [-0.1, -0.05) is 0 Å². The molecular formula is C8H7BrNO3. The molecule has 13 heavy (non-hydrogen) atoms. The van der Waals surface area contributed by atoms with Crippen molar-refractivity contribution in [2.24, 2.45) is 0 Å². The minimum Gasteiger partial charge on any atom is -0.471 e. The highest BCUT2D eigenvalue weighted by Crippen LogP contribution is 2.21. The fourth-order valence-corrected chi connectivity index (χ4v) is 0.985. The van der Waals surface area contributed by atoms with Crippen molar-refractivity contribution < 1.29 is 9.66 Å². The maximum Gasteiger partial charge on any atom is 0.269 e. The maximum atomic E-state index is 10.3. The molecule has 0 bridgehead atoms. The van der Waals surface area contributed by atoms with Crippen LogP contribution in [0, 0.1) is 15.1 Å². The monoisotopic (exact) mass is 244 g/mol. The van der Waals surface area contributed by atoms with Crippen molar-refractivity contribution in [3.05, 3.63) is 39.4 Å². The van der Waals surface area contributed by atoms with E-state index in [1.54, 1.807) is 19.1 Å².